The zero-order chi connectivity index (χ0) is 18.6. The van der Waals surface area contributed by atoms with Crippen molar-refractivity contribution in [2.45, 2.75) is 11.8 Å². The summed E-state index contributed by atoms with van der Waals surface area (Å²) < 4.78 is 27.2. The largest absolute Gasteiger partial charge is 0.325 e. The van der Waals surface area contributed by atoms with E-state index in [1.807, 2.05) is 30.1 Å². The van der Waals surface area contributed by atoms with Gasteiger partial charge in [-0.05, 0) is 30.8 Å². The van der Waals surface area contributed by atoms with Gasteiger partial charge in [-0.25, -0.2) is 8.42 Å². The van der Waals surface area contributed by atoms with E-state index in [-0.39, 0.29) is 18.2 Å². The number of pyridine rings is 1. The summed E-state index contributed by atoms with van der Waals surface area (Å²) >= 11 is 0. The highest BCUT2D eigenvalue weighted by Gasteiger charge is 2.38. The molecule has 2 aromatic rings. The molecule has 1 aliphatic rings. The average Bonchev–Trinajstić information content (AvgIpc) is 2.62. The molecule has 138 valence electrons. The Hall–Kier alpha value is -2.29. The Morgan fingerprint density at radius 3 is 2.65 bits per heavy atom. The molecule has 2 heterocycles. The van der Waals surface area contributed by atoms with Crippen molar-refractivity contribution >= 4 is 21.6 Å². The fourth-order valence-corrected chi connectivity index (χ4v) is 4.64. The van der Waals surface area contributed by atoms with Crippen molar-refractivity contribution in [3.8, 4) is 0 Å². The number of rotatable bonds is 5. The number of para-hydroxylation sites is 1. The van der Waals surface area contributed by atoms with Crippen LogP contribution in [0, 0.1) is 0 Å². The SMILES string of the molecule is CN1CCN(S(=O)(=O)Cc2cccnc2)C(C(=O)Nc2ccccc2)C1. The molecule has 26 heavy (non-hydrogen) atoms. The number of hydrogen-bond donors (Lipinski definition) is 1. The van der Waals surface area contributed by atoms with Crippen molar-refractivity contribution in [3.05, 3.63) is 60.4 Å². The van der Waals surface area contributed by atoms with Crippen LogP contribution in [0.25, 0.3) is 0 Å². The van der Waals surface area contributed by atoms with Crippen LogP contribution in [0.3, 0.4) is 0 Å². The predicted molar refractivity (Wildman–Crippen MR) is 99.9 cm³/mol. The molecule has 0 spiro atoms. The normalized spacial score (nSPS) is 19.2. The zero-order valence-electron chi connectivity index (χ0n) is 14.6. The Bertz CT molecular complexity index is 843. The standard InChI is InChI=1S/C18H22N4O3S/c1-21-10-11-22(26(24,25)14-15-6-5-9-19-12-15)17(13-21)18(23)20-16-7-3-2-4-8-16/h2-9,12,17H,10-11,13-14H2,1H3,(H,20,23). The third-order valence-corrected chi connectivity index (χ3v) is 6.16. The number of amides is 1. The van der Waals surface area contributed by atoms with E-state index in [1.54, 1.807) is 30.5 Å². The fraction of sp³-hybridized carbons (Fsp3) is 0.333. The summed E-state index contributed by atoms with van der Waals surface area (Å²) in [6.45, 7) is 1.22. The van der Waals surface area contributed by atoms with Gasteiger partial charge in [0.05, 0.1) is 5.75 Å². The average molecular weight is 374 g/mol. The third-order valence-electron chi connectivity index (χ3n) is 4.31. The van der Waals surface area contributed by atoms with E-state index in [0.29, 0.717) is 24.3 Å². The second-order valence-corrected chi connectivity index (χ2v) is 8.28. The van der Waals surface area contributed by atoms with Crippen LogP contribution < -0.4 is 5.32 Å². The number of carbonyl (C=O) groups is 1. The van der Waals surface area contributed by atoms with Crippen molar-refractivity contribution < 1.29 is 13.2 Å². The molecule has 7 nitrogen and oxygen atoms in total. The number of nitrogens with one attached hydrogen (secondary N) is 1. The highest BCUT2D eigenvalue weighted by Crippen LogP contribution is 2.19. The molecule has 1 aromatic carbocycles. The first kappa shape index (κ1) is 18.5. The second-order valence-electron chi connectivity index (χ2n) is 6.36. The van der Waals surface area contributed by atoms with Crippen LogP contribution in [-0.2, 0) is 20.6 Å². The fourth-order valence-electron chi connectivity index (χ4n) is 2.97. The second kappa shape index (κ2) is 7.94. The van der Waals surface area contributed by atoms with E-state index in [4.69, 9.17) is 0 Å². The van der Waals surface area contributed by atoms with Crippen molar-refractivity contribution in [2.75, 3.05) is 32.0 Å². The Kier molecular flexibility index (Phi) is 5.65. The molecular formula is C18H22N4O3S. The maximum atomic E-state index is 12.9. The molecule has 3 rings (SSSR count). The van der Waals surface area contributed by atoms with Crippen molar-refractivity contribution in [1.82, 2.24) is 14.2 Å². The monoisotopic (exact) mass is 374 g/mol. The highest BCUT2D eigenvalue weighted by atomic mass is 32.2. The summed E-state index contributed by atoms with van der Waals surface area (Å²) in [5.74, 6) is -0.489. The zero-order valence-corrected chi connectivity index (χ0v) is 15.4. The van der Waals surface area contributed by atoms with Crippen molar-refractivity contribution in [3.63, 3.8) is 0 Å². The van der Waals surface area contributed by atoms with E-state index in [9.17, 15) is 13.2 Å². The van der Waals surface area contributed by atoms with Crippen molar-refractivity contribution in [1.29, 1.82) is 0 Å². The lowest BCUT2D eigenvalue weighted by molar-refractivity contribution is -0.121. The van der Waals surface area contributed by atoms with Crippen LogP contribution in [-0.4, -0.2) is 61.2 Å². The van der Waals surface area contributed by atoms with Gasteiger partial charge in [-0.3, -0.25) is 9.78 Å². The van der Waals surface area contributed by atoms with Gasteiger partial charge in [0.2, 0.25) is 15.9 Å². The van der Waals surface area contributed by atoms with Gasteiger partial charge in [0.15, 0.2) is 0 Å². The molecule has 0 saturated carbocycles. The number of benzene rings is 1. The minimum absolute atomic E-state index is 0.167. The summed E-state index contributed by atoms with van der Waals surface area (Å²) in [6.07, 6.45) is 3.13. The quantitative estimate of drug-likeness (QED) is 0.849. The molecule has 1 saturated heterocycles. The van der Waals surface area contributed by atoms with E-state index in [1.165, 1.54) is 10.5 Å². The molecule has 1 aromatic heterocycles. The van der Waals surface area contributed by atoms with Gasteiger partial charge in [-0.2, -0.15) is 4.31 Å². The van der Waals surface area contributed by atoms with Gasteiger partial charge in [-0.15, -0.1) is 0 Å². The Morgan fingerprint density at radius 1 is 1.19 bits per heavy atom. The molecule has 1 fully saturated rings. The van der Waals surface area contributed by atoms with Crippen LogP contribution in [0.1, 0.15) is 5.56 Å². The first-order valence-corrected chi connectivity index (χ1v) is 9.99. The van der Waals surface area contributed by atoms with Crippen LogP contribution in [0.4, 0.5) is 5.69 Å². The number of piperazine rings is 1. The summed E-state index contributed by atoms with van der Waals surface area (Å²) in [4.78, 5) is 18.7. The van der Waals surface area contributed by atoms with E-state index in [2.05, 4.69) is 10.3 Å². The number of likely N-dealkylation sites (N-methyl/N-ethyl adjacent to an activating group) is 1. The molecule has 1 atom stereocenters. The number of sulfonamides is 1. The van der Waals surface area contributed by atoms with Crippen LogP contribution in [0.15, 0.2) is 54.9 Å². The lowest BCUT2D eigenvalue weighted by atomic mass is 10.2. The highest BCUT2D eigenvalue weighted by molar-refractivity contribution is 7.88. The first-order chi connectivity index (χ1) is 12.5. The van der Waals surface area contributed by atoms with Crippen LogP contribution >= 0.6 is 0 Å². The van der Waals surface area contributed by atoms with Gasteiger partial charge in [0.1, 0.15) is 6.04 Å². The Balaban J connectivity index is 1.80. The third kappa shape index (κ3) is 4.46. The number of anilines is 1. The lowest BCUT2D eigenvalue weighted by Crippen LogP contribution is -2.58. The van der Waals surface area contributed by atoms with Gasteiger partial charge in [0, 0.05) is 37.7 Å². The molecule has 0 aliphatic carbocycles. The summed E-state index contributed by atoms with van der Waals surface area (Å²) in [7, 11) is -1.76. The number of nitrogens with zero attached hydrogens (tertiary/aromatic N) is 3. The van der Waals surface area contributed by atoms with Gasteiger partial charge in [-0.1, -0.05) is 24.3 Å². The minimum Gasteiger partial charge on any atom is -0.325 e. The molecule has 1 N–H and O–H groups in total. The number of hydrogen-bond acceptors (Lipinski definition) is 5. The van der Waals surface area contributed by atoms with Crippen molar-refractivity contribution in [2.24, 2.45) is 0 Å². The maximum Gasteiger partial charge on any atom is 0.244 e. The van der Waals surface area contributed by atoms with Gasteiger partial charge in [0.25, 0.3) is 0 Å². The van der Waals surface area contributed by atoms with Crippen LogP contribution in [0.5, 0.6) is 0 Å². The van der Waals surface area contributed by atoms with E-state index in [0.717, 1.165) is 0 Å². The number of carbonyl (C=O) groups excluding carboxylic acids is 1. The van der Waals surface area contributed by atoms with Gasteiger partial charge >= 0.3 is 0 Å². The van der Waals surface area contributed by atoms with Gasteiger partial charge < -0.3 is 10.2 Å². The lowest BCUT2D eigenvalue weighted by Gasteiger charge is -2.38. The molecule has 0 bridgehead atoms. The summed E-state index contributed by atoms with van der Waals surface area (Å²) in [5.41, 5.74) is 1.25. The molecular weight excluding hydrogens is 352 g/mol. The molecule has 1 aliphatic heterocycles. The predicted octanol–water partition coefficient (Wildman–Crippen LogP) is 1.17. The first-order valence-electron chi connectivity index (χ1n) is 8.38. The minimum atomic E-state index is -3.64. The molecule has 0 radical (unpaired) electrons. The Labute approximate surface area is 153 Å². The number of aromatic nitrogens is 1. The van der Waals surface area contributed by atoms with E-state index < -0.39 is 16.1 Å². The van der Waals surface area contributed by atoms with Crippen LogP contribution in [0.2, 0.25) is 0 Å². The Morgan fingerprint density at radius 2 is 1.96 bits per heavy atom. The molecule has 8 heteroatoms. The topological polar surface area (TPSA) is 82.6 Å². The summed E-state index contributed by atoms with van der Waals surface area (Å²) in [6, 6.07) is 11.7. The molecule has 1 unspecified atom stereocenters. The smallest absolute Gasteiger partial charge is 0.244 e. The summed E-state index contributed by atoms with van der Waals surface area (Å²) in [5, 5.41) is 2.81. The molecule has 1 amide bonds. The van der Waals surface area contributed by atoms with E-state index >= 15 is 0 Å². The maximum absolute atomic E-state index is 12.9.